The second-order valence-electron chi connectivity index (χ2n) is 5.20. The molecule has 1 aliphatic rings. The summed E-state index contributed by atoms with van der Waals surface area (Å²) < 4.78 is 26.1. The van der Waals surface area contributed by atoms with E-state index in [0.717, 1.165) is 50.7 Å². The minimum atomic E-state index is -0.485. The van der Waals surface area contributed by atoms with Crippen molar-refractivity contribution in [3.63, 3.8) is 0 Å². The third kappa shape index (κ3) is 4.55. The molecule has 0 aromatic heterocycles. The zero-order valence-electron chi connectivity index (χ0n) is 11.5. The quantitative estimate of drug-likeness (QED) is 0.883. The van der Waals surface area contributed by atoms with Crippen molar-refractivity contribution < 1.29 is 8.78 Å². The fourth-order valence-corrected chi connectivity index (χ4v) is 2.69. The second-order valence-corrected chi connectivity index (χ2v) is 5.20. The van der Waals surface area contributed by atoms with Crippen molar-refractivity contribution in [2.45, 2.75) is 32.2 Å². The number of nitrogens with one attached hydrogen (secondary N) is 1. The maximum absolute atomic E-state index is 13.1. The summed E-state index contributed by atoms with van der Waals surface area (Å²) in [6.07, 6.45) is 3.03. The molecular weight excluding hydrogens is 246 g/mol. The van der Waals surface area contributed by atoms with Gasteiger partial charge in [0.05, 0.1) is 0 Å². The van der Waals surface area contributed by atoms with E-state index in [1.807, 2.05) is 0 Å². The maximum Gasteiger partial charge on any atom is 0.126 e. The van der Waals surface area contributed by atoms with Crippen LogP contribution in [0.5, 0.6) is 0 Å². The van der Waals surface area contributed by atoms with E-state index in [4.69, 9.17) is 0 Å². The standard InChI is InChI=1S/C15H22F2N2/c1-2-18-15-4-7-19(8-5-15)6-3-12-9-13(16)11-14(17)10-12/h9-11,15,18H,2-8H2,1H3. The third-order valence-electron chi connectivity index (χ3n) is 3.72. The van der Waals surface area contributed by atoms with Crippen LogP contribution in [-0.2, 0) is 6.42 Å². The van der Waals surface area contributed by atoms with Gasteiger partial charge in [-0.15, -0.1) is 0 Å². The van der Waals surface area contributed by atoms with Crippen molar-refractivity contribution in [2.75, 3.05) is 26.2 Å². The van der Waals surface area contributed by atoms with E-state index in [0.29, 0.717) is 12.5 Å². The SMILES string of the molecule is CCNC1CCN(CCc2cc(F)cc(F)c2)CC1. The summed E-state index contributed by atoms with van der Waals surface area (Å²) in [6, 6.07) is 4.40. The highest BCUT2D eigenvalue weighted by molar-refractivity contribution is 5.18. The highest BCUT2D eigenvalue weighted by Gasteiger charge is 2.17. The van der Waals surface area contributed by atoms with E-state index in [1.165, 1.54) is 12.1 Å². The maximum atomic E-state index is 13.1. The summed E-state index contributed by atoms with van der Waals surface area (Å²) in [7, 11) is 0. The molecule has 0 amide bonds. The van der Waals surface area contributed by atoms with Gasteiger partial charge < -0.3 is 10.2 Å². The molecule has 0 spiro atoms. The normalized spacial score (nSPS) is 17.8. The number of rotatable bonds is 5. The number of nitrogens with zero attached hydrogens (tertiary/aromatic N) is 1. The number of hydrogen-bond donors (Lipinski definition) is 1. The van der Waals surface area contributed by atoms with Crippen molar-refractivity contribution >= 4 is 0 Å². The summed E-state index contributed by atoms with van der Waals surface area (Å²) >= 11 is 0. The summed E-state index contributed by atoms with van der Waals surface area (Å²) in [6.45, 7) is 6.16. The molecule has 0 saturated carbocycles. The summed E-state index contributed by atoms with van der Waals surface area (Å²) in [5.74, 6) is -0.971. The van der Waals surface area contributed by atoms with Crippen LogP contribution in [0.4, 0.5) is 8.78 Å². The van der Waals surface area contributed by atoms with Crippen molar-refractivity contribution in [1.82, 2.24) is 10.2 Å². The molecule has 0 radical (unpaired) electrons. The molecule has 1 aromatic rings. The first-order valence-electron chi connectivity index (χ1n) is 7.08. The van der Waals surface area contributed by atoms with Gasteiger partial charge in [-0.05, 0) is 56.6 Å². The van der Waals surface area contributed by atoms with Crippen LogP contribution in [-0.4, -0.2) is 37.1 Å². The van der Waals surface area contributed by atoms with Crippen molar-refractivity contribution in [1.29, 1.82) is 0 Å². The lowest BCUT2D eigenvalue weighted by molar-refractivity contribution is 0.201. The molecule has 1 heterocycles. The Morgan fingerprint density at radius 3 is 2.37 bits per heavy atom. The highest BCUT2D eigenvalue weighted by atomic mass is 19.1. The molecule has 1 aliphatic heterocycles. The lowest BCUT2D eigenvalue weighted by Crippen LogP contribution is -2.43. The van der Waals surface area contributed by atoms with Gasteiger partial charge in [0, 0.05) is 18.7 Å². The fraction of sp³-hybridized carbons (Fsp3) is 0.600. The molecule has 0 bridgehead atoms. The Hall–Kier alpha value is -1.00. The Morgan fingerprint density at radius 2 is 1.79 bits per heavy atom. The lowest BCUT2D eigenvalue weighted by Gasteiger charge is -2.32. The average molecular weight is 268 g/mol. The molecule has 19 heavy (non-hydrogen) atoms. The number of hydrogen-bond acceptors (Lipinski definition) is 2. The largest absolute Gasteiger partial charge is 0.314 e. The Bertz CT molecular complexity index is 381. The zero-order chi connectivity index (χ0) is 13.7. The van der Waals surface area contributed by atoms with Crippen LogP contribution in [0.25, 0.3) is 0 Å². The van der Waals surface area contributed by atoms with Crippen LogP contribution < -0.4 is 5.32 Å². The van der Waals surface area contributed by atoms with Crippen LogP contribution in [0.3, 0.4) is 0 Å². The molecule has 106 valence electrons. The van der Waals surface area contributed by atoms with Crippen LogP contribution in [0, 0.1) is 11.6 Å². The van der Waals surface area contributed by atoms with Crippen LogP contribution in [0.2, 0.25) is 0 Å². The second kappa shape index (κ2) is 6.96. The number of benzene rings is 1. The van der Waals surface area contributed by atoms with Gasteiger partial charge in [-0.3, -0.25) is 0 Å². The van der Waals surface area contributed by atoms with Gasteiger partial charge in [0.1, 0.15) is 11.6 Å². The van der Waals surface area contributed by atoms with Crippen molar-refractivity contribution in [3.8, 4) is 0 Å². The molecule has 2 nitrogen and oxygen atoms in total. The van der Waals surface area contributed by atoms with Gasteiger partial charge in [0.2, 0.25) is 0 Å². The molecule has 1 aromatic carbocycles. The predicted molar refractivity (Wildman–Crippen MR) is 73.2 cm³/mol. The number of piperidine rings is 1. The van der Waals surface area contributed by atoms with Gasteiger partial charge in [0.25, 0.3) is 0 Å². The van der Waals surface area contributed by atoms with E-state index in [-0.39, 0.29) is 0 Å². The summed E-state index contributed by atoms with van der Waals surface area (Å²) in [5.41, 5.74) is 0.742. The Morgan fingerprint density at radius 1 is 1.16 bits per heavy atom. The van der Waals surface area contributed by atoms with Gasteiger partial charge in [-0.2, -0.15) is 0 Å². The zero-order valence-corrected chi connectivity index (χ0v) is 11.5. The average Bonchev–Trinajstić information content (AvgIpc) is 2.37. The van der Waals surface area contributed by atoms with E-state index in [9.17, 15) is 8.78 Å². The molecule has 0 aliphatic carbocycles. The van der Waals surface area contributed by atoms with Gasteiger partial charge >= 0.3 is 0 Å². The summed E-state index contributed by atoms with van der Waals surface area (Å²) in [5, 5.41) is 3.47. The molecule has 0 unspecified atom stereocenters. The first kappa shape index (κ1) is 14.4. The predicted octanol–water partition coefficient (Wildman–Crippen LogP) is 2.58. The number of likely N-dealkylation sites (tertiary alicyclic amines) is 1. The van der Waals surface area contributed by atoms with Crippen molar-refractivity contribution in [2.24, 2.45) is 0 Å². The van der Waals surface area contributed by atoms with Crippen LogP contribution in [0.1, 0.15) is 25.3 Å². The van der Waals surface area contributed by atoms with Crippen LogP contribution >= 0.6 is 0 Å². The summed E-state index contributed by atoms with van der Waals surface area (Å²) in [4.78, 5) is 2.37. The van der Waals surface area contributed by atoms with Gasteiger partial charge in [0.15, 0.2) is 0 Å². The molecule has 4 heteroatoms. The smallest absolute Gasteiger partial charge is 0.126 e. The monoisotopic (exact) mass is 268 g/mol. The van der Waals surface area contributed by atoms with E-state index in [1.54, 1.807) is 0 Å². The topological polar surface area (TPSA) is 15.3 Å². The van der Waals surface area contributed by atoms with E-state index in [2.05, 4.69) is 17.1 Å². The van der Waals surface area contributed by atoms with Gasteiger partial charge in [-0.25, -0.2) is 8.78 Å². The molecule has 1 saturated heterocycles. The molecular formula is C15H22F2N2. The Labute approximate surface area is 113 Å². The molecule has 1 fully saturated rings. The minimum absolute atomic E-state index is 0.485. The third-order valence-corrected chi connectivity index (χ3v) is 3.72. The number of halogens is 2. The lowest BCUT2D eigenvalue weighted by atomic mass is 10.0. The Kier molecular flexibility index (Phi) is 5.28. The fourth-order valence-electron chi connectivity index (χ4n) is 2.69. The van der Waals surface area contributed by atoms with E-state index >= 15 is 0 Å². The first-order chi connectivity index (χ1) is 9.17. The van der Waals surface area contributed by atoms with Crippen molar-refractivity contribution in [3.05, 3.63) is 35.4 Å². The van der Waals surface area contributed by atoms with Crippen LogP contribution in [0.15, 0.2) is 18.2 Å². The van der Waals surface area contributed by atoms with Gasteiger partial charge in [-0.1, -0.05) is 6.92 Å². The van der Waals surface area contributed by atoms with E-state index < -0.39 is 11.6 Å². The minimum Gasteiger partial charge on any atom is -0.314 e. The highest BCUT2D eigenvalue weighted by Crippen LogP contribution is 2.13. The molecule has 0 atom stereocenters. The Balaban J connectivity index is 1.77. The first-order valence-corrected chi connectivity index (χ1v) is 7.08. The molecule has 1 N–H and O–H groups in total. The molecule has 2 rings (SSSR count).